The lowest BCUT2D eigenvalue weighted by atomic mass is 9.97. The summed E-state index contributed by atoms with van der Waals surface area (Å²) in [6.45, 7) is 4.08. The lowest BCUT2D eigenvalue weighted by Gasteiger charge is -2.15. The minimum Gasteiger partial charge on any atom is -0.491 e. The molecule has 2 aromatic carbocycles. The summed E-state index contributed by atoms with van der Waals surface area (Å²) in [5.41, 5.74) is 3.10. The predicted octanol–water partition coefficient (Wildman–Crippen LogP) is 3.97. The molecule has 0 spiro atoms. The first-order valence-electron chi connectivity index (χ1n) is 8.25. The SMILES string of the molecule is CCC(=O)/C=C/c1c(C)cccc1CC(O)COc1ccccc1. The van der Waals surface area contributed by atoms with Crippen molar-refractivity contribution in [3.8, 4) is 5.75 Å². The van der Waals surface area contributed by atoms with Crippen molar-refractivity contribution in [2.45, 2.75) is 32.8 Å². The maximum atomic E-state index is 11.5. The largest absolute Gasteiger partial charge is 0.491 e. The fraction of sp³-hybridized carbons (Fsp3) is 0.286. The van der Waals surface area contributed by atoms with Crippen molar-refractivity contribution in [2.75, 3.05) is 6.61 Å². The molecule has 3 nitrogen and oxygen atoms in total. The van der Waals surface area contributed by atoms with Crippen molar-refractivity contribution in [3.05, 3.63) is 71.3 Å². The smallest absolute Gasteiger partial charge is 0.155 e. The summed E-state index contributed by atoms with van der Waals surface area (Å²) in [5, 5.41) is 10.3. The van der Waals surface area contributed by atoms with Gasteiger partial charge in [0, 0.05) is 12.8 Å². The molecule has 2 rings (SSSR count). The van der Waals surface area contributed by atoms with Gasteiger partial charge in [0.25, 0.3) is 0 Å². The maximum absolute atomic E-state index is 11.5. The molecule has 1 N–H and O–H groups in total. The molecule has 0 aliphatic heterocycles. The first-order valence-corrected chi connectivity index (χ1v) is 8.25. The average molecular weight is 324 g/mol. The van der Waals surface area contributed by atoms with Crippen LogP contribution in [0.3, 0.4) is 0 Å². The lowest BCUT2D eigenvalue weighted by Crippen LogP contribution is -2.20. The van der Waals surface area contributed by atoms with Gasteiger partial charge in [-0.25, -0.2) is 0 Å². The summed E-state index contributed by atoms with van der Waals surface area (Å²) in [5.74, 6) is 0.839. The zero-order valence-corrected chi connectivity index (χ0v) is 14.2. The molecule has 0 saturated carbocycles. The number of aryl methyl sites for hydroxylation is 1. The van der Waals surface area contributed by atoms with Crippen LogP contribution in [0.15, 0.2) is 54.6 Å². The summed E-state index contributed by atoms with van der Waals surface area (Å²) in [6, 6.07) is 15.4. The van der Waals surface area contributed by atoms with E-state index in [1.54, 1.807) is 6.08 Å². The van der Waals surface area contributed by atoms with Crippen LogP contribution in [0, 0.1) is 6.92 Å². The molecule has 126 valence electrons. The van der Waals surface area contributed by atoms with Crippen LogP contribution < -0.4 is 4.74 Å². The normalized spacial score (nSPS) is 12.3. The Hall–Kier alpha value is -2.39. The maximum Gasteiger partial charge on any atom is 0.155 e. The Labute approximate surface area is 143 Å². The van der Waals surface area contributed by atoms with E-state index in [0.717, 1.165) is 22.4 Å². The molecule has 0 radical (unpaired) electrons. The molecule has 0 fully saturated rings. The molecule has 24 heavy (non-hydrogen) atoms. The fourth-order valence-electron chi connectivity index (χ4n) is 2.47. The van der Waals surface area contributed by atoms with Gasteiger partial charge >= 0.3 is 0 Å². The summed E-state index contributed by atoms with van der Waals surface area (Å²) < 4.78 is 5.60. The number of ketones is 1. The van der Waals surface area contributed by atoms with E-state index in [-0.39, 0.29) is 12.4 Å². The van der Waals surface area contributed by atoms with Gasteiger partial charge in [0.05, 0.1) is 6.10 Å². The predicted molar refractivity (Wildman–Crippen MR) is 97.2 cm³/mol. The molecule has 0 aliphatic carbocycles. The van der Waals surface area contributed by atoms with Gasteiger partial charge in [-0.1, -0.05) is 49.4 Å². The number of hydrogen-bond donors (Lipinski definition) is 1. The van der Waals surface area contributed by atoms with Crippen LogP contribution >= 0.6 is 0 Å². The third-order valence-corrected chi connectivity index (χ3v) is 3.84. The number of carbonyl (C=O) groups excluding carboxylic acids is 1. The summed E-state index contributed by atoms with van der Waals surface area (Å²) >= 11 is 0. The van der Waals surface area contributed by atoms with Crippen molar-refractivity contribution in [2.24, 2.45) is 0 Å². The van der Waals surface area contributed by atoms with E-state index in [0.29, 0.717) is 12.8 Å². The van der Waals surface area contributed by atoms with Gasteiger partial charge in [0.2, 0.25) is 0 Å². The minimum absolute atomic E-state index is 0.0946. The second kappa shape index (κ2) is 9.04. The molecule has 0 aromatic heterocycles. The topological polar surface area (TPSA) is 46.5 Å². The number of rotatable bonds is 8. The van der Waals surface area contributed by atoms with Crippen LogP contribution in [0.2, 0.25) is 0 Å². The van der Waals surface area contributed by atoms with Crippen LogP contribution in [-0.2, 0) is 11.2 Å². The van der Waals surface area contributed by atoms with Gasteiger partial charge in [-0.3, -0.25) is 4.79 Å². The Bertz CT molecular complexity index is 689. The molecular formula is C21H24O3. The Kier molecular flexibility index (Phi) is 6.76. The number of carbonyl (C=O) groups is 1. The number of aliphatic hydroxyl groups is 1. The van der Waals surface area contributed by atoms with E-state index in [1.165, 1.54) is 0 Å². The monoisotopic (exact) mass is 324 g/mol. The highest BCUT2D eigenvalue weighted by Gasteiger charge is 2.11. The second-order valence-corrected chi connectivity index (χ2v) is 5.78. The van der Waals surface area contributed by atoms with Crippen molar-refractivity contribution < 1.29 is 14.6 Å². The Balaban J connectivity index is 2.04. The molecule has 3 heteroatoms. The molecule has 0 aliphatic rings. The van der Waals surface area contributed by atoms with Gasteiger partial charge < -0.3 is 9.84 Å². The average Bonchev–Trinajstić information content (AvgIpc) is 2.60. The molecule has 0 bridgehead atoms. The van der Waals surface area contributed by atoms with Crippen molar-refractivity contribution in [1.82, 2.24) is 0 Å². The number of aliphatic hydroxyl groups excluding tert-OH is 1. The fourth-order valence-corrected chi connectivity index (χ4v) is 2.47. The molecular weight excluding hydrogens is 300 g/mol. The van der Waals surface area contributed by atoms with Gasteiger partial charge in [-0.2, -0.15) is 0 Å². The highest BCUT2D eigenvalue weighted by Crippen LogP contribution is 2.19. The second-order valence-electron chi connectivity index (χ2n) is 5.78. The molecule has 0 amide bonds. The highest BCUT2D eigenvalue weighted by atomic mass is 16.5. The van der Waals surface area contributed by atoms with Crippen molar-refractivity contribution >= 4 is 11.9 Å². The van der Waals surface area contributed by atoms with Crippen LogP contribution in [-0.4, -0.2) is 23.6 Å². The standard InChI is InChI=1S/C21H24O3/c1-3-18(22)12-13-21-16(2)8-7-9-17(21)14-19(23)15-24-20-10-5-4-6-11-20/h4-13,19,23H,3,14-15H2,1-2H3/b13-12+. The summed E-state index contributed by atoms with van der Waals surface area (Å²) in [7, 11) is 0. The van der Waals surface area contributed by atoms with Crippen molar-refractivity contribution in [1.29, 1.82) is 0 Å². The highest BCUT2D eigenvalue weighted by molar-refractivity contribution is 5.93. The van der Waals surface area contributed by atoms with Crippen LogP contribution in [0.25, 0.3) is 6.08 Å². The van der Waals surface area contributed by atoms with E-state index in [4.69, 9.17) is 4.74 Å². The number of benzene rings is 2. The van der Waals surface area contributed by atoms with Crippen LogP contribution in [0.5, 0.6) is 5.75 Å². The van der Waals surface area contributed by atoms with E-state index < -0.39 is 6.10 Å². The lowest BCUT2D eigenvalue weighted by molar-refractivity contribution is -0.114. The van der Waals surface area contributed by atoms with Gasteiger partial charge in [-0.05, 0) is 41.8 Å². The first-order chi connectivity index (χ1) is 11.6. The van der Waals surface area contributed by atoms with Gasteiger partial charge in [0.15, 0.2) is 5.78 Å². The number of para-hydroxylation sites is 1. The van der Waals surface area contributed by atoms with E-state index >= 15 is 0 Å². The zero-order valence-electron chi connectivity index (χ0n) is 14.2. The molecule has 0 saturated heterocycles. The number of hydrogen-bond acceptors (Lipinski definition) is 3. The first kappa shape index (κ1) is 18.0. The van der Waals surface area contributed by atoms with Crippen LogP contribution in [0.1, 0.15) is 30.0 Å². The minimum atomic E-state index is -0.610. The molecule has 0 heterocycles. The van der Waals surface area contributed by atoms with Crippen LogP contribution in [0.4, 0.5) is 0 Å². The zero-order chi connectivity index (χ0) is 17.4. The Morgan fingerprint density at radius 3 is 2.62 bits per heavy atom. The third-order valence-electron chi connectivity index (χ3n) is 3.84. The summed E-state index contributed by atoms with van der Waals surface area (Å²) in [4.78, 5) is 11.5. The molecule has 1 unspecified atom stereocenters. The van der Waals surface area contributed by atoms with Crippen molar-refractivity contribution in [3.63, 3.8) is 0 Å². The Morgan fingerprint density at radius 2 is 1.92 bits per heavy atom. The molecule has 1 atom stereocenters. The van der Waals surface area contributed by atoms with E-state index in [2.05, 4.69) is 0 Å². The Morgan fingerprint density at radius 1 is 1.17 bits per heavy atom. The quantitative estimate of drug-likeness (QED) is 0.747. The van der Waals surface area contributed by atoms with E-state index in [9.17, 15) is 9.90 Å². The van der Waals surface area contributed by atoms with Gasteiger partial charge in [-0.15, -0.1) is 0 Å². The van der Waals surface area contributed by atoms with E-state index in [1.807, 2.05) is 68.5 Å². The number of allylic oxidation sites excluding steroid dienone is 1. The third kappa shape index (κ3) is 5.36. The van der Waals surface area contributed by atoms with Gasteiger partial charge in [0.1, 0.15) is 12.4 Å². The molecule has 2 aromatic rings. The number of ether oxygens (including phenoxy) is 1. The summed E-state index contributed by atoms with van der Waals surface area (Å²) in [6.07, 6.45) is 3.82.